The molecule has 0 rings (SSSR count). The molecule has 0 aliphatic heterocycles. The van der Waals surface area contributed by atoms with E-state index in [2.05, 4.69) is 38.2 Å². The molecule has 0 fully saturated rings. The topological polar surface area (TPSA) is 55.8 Å². The molecule has 1 N–H and O–H groups in total. The number of allylic oxidation sites excluding steroid dienone is 4. The van der Waals surface area contributed by atoms with Crippen molar-refractivity contribution in [1.82, 2.24) is 0 Å². The van der Waals surface area contributed by atoms with Crippen LogP contribution in [0, 0.1) is 0 Å². The molecule has 0 bridgehead atoms. The monoisotopic (exact) mass is 761 g/mol. The minimum atomic E-state index is -0.530. The van der Waals surface area contributed by atoms with E-state index in [-0.39, 0.29) is 12.6 Å². The Morgan fingerprint density at radius 3 is 1.15 bits per heavy atom. The Hall–Kier alpha value is -1.13. The third kappa shape index (κ3) is 45.3. The van der Waals surface area contributed by atoms with Crippen LogP contribution in [0.4, 0.5) is 0 Å². The van der Waals surface area contributed by atoms with E-state index in [1.54, 1.807) is 0 Å². The third-order valence-electron chi connectivity index (χ3n) is 11.0. The second-order valence-corrected chi connectivity index (χ2v) is 16.5. The molecule has 0 aromatic heterocycles. The van der Waals surface area contributed by atoms with Gasteiger partial charge in [-0.3, -0.25) is 4.79 Å². The second-order valence-electron chi connectivity index (χ2n) is 16.5. The number of carbonyl (C=O) groups is 1. The van der Waals surface area contributed by atoms with Gasteiger partial charge in [0.2, 0.25) is 0 Å². The van der Waals surface area contributed by atoms with Gasteiger partial charge in [-0.05, 0) is 44.9 Å². The summed E-state index contributed by atoms with van der Waals surface area (Å²) >= 11 is 0. The van der Waals surface area contributed by atoms with Gasteiger partial charge in [-0.2, -0.15) is 0 Å². The highest BCUT2D eigenvalue weighted by molar-refractivity contribution is 5.69. The van der Waals surface area contributed by atoms with Crippen LogP contribution in [0.3, 0.4) is 0 Å². The van der Waals surface area contributed by atoms with E-state index in [0.29, 0.717) is 19.6 Å². The average molecular weight is 761 g/mol. The zero-order chi connectivity index (χ0) is 39.1. The van der Waals surface area contributed by atoms with Gasteiger partial charge < -0.3 is 14.6 Å². The molecule has 0 aliphatic rings. The first kappa shape index (κ1) is 52.9. The van der Waals surface area contributed by atoms with Crippen molar-refractivity contribution in [2.75, 3.05) is 19.8 Å². The summed E-state index contributed by atoms with van der Waals surface area (Å²) < 4.78 is 11.2. The lowest BCUT2D eigenvalue weighted by molar-refractivity contribution is -0.154. The average Bonchev–Trinajstić information content (AvgIpc) is 3.18. The van der Waals surface area contributed by atoms with Crippen LogP contribution in [0.5, 0.6) is 0 Å². The van der Waals surface area contributed by atoms with E-state index in [4.69, 9.17) is 9.47 Å². The summed E-state index contributed by atoms with van der Waals surface area (Å²) in [4.78, 5) is 12.2. The first-order chi connectivity index (χ1) is 26.7. The van der Waals surface area contributed by atoms with Crippen LogP contribution >= 0.6 is 0 Å². The standard InChI is InChI=1S/C50H96O4/c1-3-5-7-9-11-13-15-17-19-21-22-23-24-25-26-27-28-29-31-33-35-37-39-41-43-45-50(52)54-49(47-51)48-53-46-44-42-40-38-36-34-32-30-20-18-16-14-12-10-8-6-4-2/h15,17,21-22,49,51H,3-14,16,18-20,23-48H2,1-2H3/b17-15-,22-21-. The largest absolute Gasteiger partial charge is 0.457 e. The maximum absolute atomic E-state index is 12.2. The molecule has 0 spiro atoms. The van der Waals surface area contributed by atoms with Gasteiger partial charge in [0, 0.05) is 13.0 Å². The Morgan fingerprint density at radius 2 is 0.778 bits per heavy atom. The smallest absolute Gasteiger partial charge is 0.306 e. The van der Waals surface area contributed by atoms with E-state index >= 15 is 0 Å². The van der Waals surface area contributed by atoms with Crippen molar-refractivity contribution >= 4 is 5.97 Å². The van der Waals surface area contributed by atoms with Crippen molar-refractivity contribution in [3.8, 4) is 0 Å². The highest BCUT2D eigenvalue weighted by Crippen LogP contribution is 2.16. The lowest BCUT2D eigenvalue weighted by atomic mass is 10.0. The summed E-state index contributed by atoms with van der Waals surface area (Å²) in [5, 5.41) is 9.63. The van der Waals surface area contributed by atoms with Crippen molar-refractivity contribution in [2.45, 2.75) is 270 Å². The van der Waals surface area contributed by atoms with E-state index in [9.17, 15) is 9.90 Å². The lowest BCUT2D eigenvalue weighted by Crippen LogP contribution is -2.27. The van der Waals surface area contributed by atoms with Crippen LogP contribution < -0.4 is 0 Å². The fraction of sp³-hybridized carbons (Fsp3) is 0.900. The van der Waals surface area contributed by atoms with Crippen LogP contribution in [0.2, 0.25) is 0 Å². The van der Waals surface area contributed by atoms with Gasteiger partial charge in [0.05, 0.1) is 13.2 Å². The van der Waals surface area contributed by atoms with Gasteiger partial charge in [0.25, 0.3) is 0 Å². The Balaban J connectivity index is 3.37. The molecule has 54 heavy (non-hydrogen) atoms. The lowest BCUT2D eigenvalue weighted by Gasteiger charge is -2.16. The summed E-state index contributed by atoms with van der Waals surface area (Å²) in [7, 11) is 0. The predicted octanol–water partition coefficient (Wildman–Crippen LogP) is 16.3. The molecule has 0 aromatic carbocycles. The van der Waals surface area contributed by atoms with Crippen LogP contribution in [0.1, 0.15) is 264 Å². The fourth-order valence-corrected chi connectivity index (χ4v) is 7.36. The third-order valence-corrected chi connectivity index (χ3v) is 11.0. The number of esters is 1. The summed E-state index contributed by atoms with van der Waals surface area (Å²) in [5.74, 6) is -0.196. The van der Waals surface area contributed by atoms with Gasteiger partial charge in [-0.1, -0.05) is 237 Å². The molecule has 4 nitrogen and oxygen atoms in total. The quantitative estimate of drug-likeness (QED) is 0.0381. The van der Waals surface area contributed by atoms with Crippen molar-refractivity contribution in [3.63, 3.8) is 0 Å². The molecular weight excluding hydrogens is 665 g/mol. The number of carbonyl (C=O) groups excluding carboxylic acids is 1. The fourth-order valence-electron chi connectivity index (χ4n) is 7.36. The zero-order valence-electron chi connectivity index (χ0n) is 36.8. The Kier molecular flexibility index (Phi) is 47.0. The van der Waals surface area contributed by atoms with Crippen molar-refractivity contribution in [2.24, 2.45) is 0 Å². The number of aliphatic hydroxyl groups excluding tert-OH is 1. The molecule has 0 saturated heterocycles. The van der Waals surface area contributed by atoms with Crippen molar-refractivity contribution in [1.29, 1.82) is 0 Å². The molecule has 4 heteroatoms. The molecule has 1 unspecified atom stereocenters. The van der Waals surface area contributed by atoms with E-state index in [0.717, 1.165) is 25.7 Å². The van der Waals surface area contributed by atoms with Gasteiger partial charge in [-0.25, -0.2) is 0 Å². The number of ether oxygens (including phenoxy) is 2. The molecule has 0 saturated carbocycles. The number of hydrogen-bond donors (Lipinski definition) is 1. The molecule has 320 valence electrons. The number of unbranched alkanes of at least 4 members (excludes halogenated alkanes) is 34. The molecule has 0 aliphatic carbocycles. The molecule has 0 amide bonds. The minimum absolute atomic E-state index is 0.167. The zero-order valence-corrected chi connectivity index (χ0v) is 36.8. The number of hydrogen-bond acceptors (Lipinski definition) is 4. The summed E-state index contributed by atoms with van der Waals surface area (Å²) in [6.07, 6.45) is 59.7. The predicted molar refractivity (Wildman–Crippen MR) is 237 cm³/mol. The van der Waals surface area contributed by atoms with Crippen molar-refractivity contribution in [3.05, 3.63) is 24.3 Å². The van der Waals surface area contributed by atoms with Crippen LogP contribution in [0.25, 0.3) is 0 Å². The van der Waals surface area contributed by atoms with Crippen LogP contribution in [-0.4, -0.2) is 37.0 Å². The van der Waals surface area contributed by atoms with Gasteiger partial charge >= 0.3 is 5.97 Å². The molecule has 0 radical (unpaired) electrons. The summed E-state index contributed by atoms with van der Waals surface area (Å²) in [6.45, 7) is 5.38. The Bertz CT molecular complexity index is 762. The number of aliphatic hydroxyl groups is 1. The first-order valence-corrected chi connectivity index (χ1v) is 24.4. The highest BCUT2D eigenvalue weighted by Gasteiger charge is 2.13. The minimum Gasteiger partial charge on any atom is -0.457 e. The first-order valence-electron chi connectivity index (χ1n) is 24.4. The summed E-state index contributed by atoms with van der Waals surface area (Å²) in [6, 6.07) is 0. The Morgan fingerprint density at radius 1 is 0.444 bits per heavy atom. The van der Waals surface area contributed by atoms with E-state index in [1.165, 1.54) is 218 Å². The van der Waals surface area contributed by atoms with E-state index < -0.39 is 6.10 Å². The normalized spacial score (nSPS) is 12.4. The Labute approximate surface area is 338 Å². The van der Waals surface area contributed by atoms with Crippen molar-refractivity contribution < 1.29 is 19.4 Å². The second kappa shape index (κ2) is 48.0. The maximum atomic E-state index is 12.2. The molecule has 0 heterocycles. The molecule has 1 atom stereocenters. The van der Waals surface area contributed by atoms with Gasteiger partial charge in [-0.15, -0.1) is 0 Å². The highest BCUT2D eigenvalue weighted by atomic mass is 16.6. The van der Waals surface area contributed by atoms with Gasteiger partial charge in [0.15, 0.2) is 0 Å². The van der Waals surface area contributed by atoms with Crippen LogP contribution in [-0.2, 0) is 14.3 Å². The number of rotatable bonds is 46. The molecule has 0 aromatic rings. The maximum Gasteiger partial charge on any atom is 0.306 e. The SMILES string of the molecule is CCCCCCC/C=C\C/C=C\CCCCCCCCCCCCCCCC(=O)OC(CO)COCCCCCCCCCCCCCCCCCCC. The summed E-state index contributed by atoms with van der Waals surface area (Å²) in [5.41, 5.74) is 0. The van der Waals surface area contributed by atoms with Gasteiger partial charge in [0.1, 0.15) is 6.10 Å². The molecular formula is C50H96O4. The van der Waals surface area contributed by atoms with Crippen LogP contribution in [0.15, 0.2) is 24.3 Å². The van der Waals surface area contributed by atoms with E-state index in [1.807, 2.05) is 0 Å².